The monoisotopic (exact) mass is 375 g/mol. The van der Waals surface area contributed by atoms with Gasteiger partial charge in [0.05, 0.1) is 6.10 Å². The van der Waals surface area contributed by atoms with Gasteiger partial charge in [-0.25, -0.2) is 0 Å². The maximum absolute atomic E-state index is 12.5. The zero-order valence-electron chi connectivity index (χ0n) is 15.8. The number of ether oxygens (including phenoxy) is 1. The highest BCUT2D eigenvalue weighted by Gasteiger charge is 2.24. The van der Waals surface area contributed by atoms with E-state index in [0.29, 0.717) is 12.1 Å². The number of benzene rings is 2. The van der Waals surface area contributed by atoms with E-state index < -0.39 is 0 Å². The van der Waals surface area contributed by atoms with Crippen molar-refractivity contribution < 1.29 is 9.53 Å². The summed E-state index contributed by atoms with van der Waals surface area (Å²) in [5, 5.41) is 5.33. The number of fused-ring (bicyclic) bond motifs is 1. The van der Waals surface area contributed by atoms with Crippen molar-refractivity contribution >= 4 is 16.7 Å². The van der Waals surface area contributed by atoms with Crippen molar-refractivity contribution in [2.75, 3.05) is 0 Å². The highest BCUT2D eigenvalue weighted by atomic mass is 16.5. The summed E-state index contributed by atoms with van der Waals surface area (Å²) >= 11 is 0. The number of aromatic nitrogens is 1. The molecule has 3 N–H and O–H groups in total. The third-order valence-electron chi connectivity index (χ3n) is 5.40. The van der Waals surface area contributed by atoms with Crippen molar-refractivity contribution in [2.24, 2.45) is 5.73 Å². The van der Waals surface area contributed by atoms with Crippen LogP contribution in [-0.4, -0.2) is 23.0 Å². The Hall–Kier alpha value is -2.92. The lowest BCUT2D eigenvalue weighted by atomic mass is 9.92. The van der Waals surface area contributed by atoms with Crippen LogP contribution < -0.4 is 15.8 Å². The summed E-state index contributed by atoms with van der Waals surface area (Å²) in [6.45, 7) is 0.485. The van der Waals surface area contributed by atoms with E-state index in [2.05, 4.69) is 10.3 Å². The molecule has 1 aliphatic carbocycles. The molecule has 2 aromatic carbocycles. The second kappa shape index (κ2) is 8.40. The molecule has 0 saturated heterocycles. The molecule has 3 aromatic rings. The van der Waals surface area contributed by atoms with Gasteiger partial charge in [-0.15, -0.1) is 0 Å². The number of rotatable bonds is 5. The third-order valence-corrected chi connectivity index (χ3v) is 5.40. The third kappa shape index (κ3) is 4.15. The molecule has 0 aliphatic heterocycles. The molecule has 1 saturated carbocycles. The smallest absolute Gasteiger partial charge is 0.251 e. The van der Waals surface area contributed by atoms with Gasteiger partial charge in [0.15, 0.2) is 0 Å². The molecule has 1 fully saturated rings. The number of nitrogens with zero attached hydrogens (tertiary/aromatic N) is 1. The molecule has 144 valence electrons. The first-order chi connectivity index (χ1) is 13.7. The molecule has 0 spiro atoms. The van der Waals surface area contributed by atoms with Crippen LogP contribution in [0, 0.1) is 0 Å². The predicted octanol–water partition coefficient (Wildman–Crippen LogP) is 3.81. The van der Waals surface area contributed by atoms with Crippen molar-refractivity contribution in [2.45, 2.75) is 44.4 Å². The standard InChI is InChI=1S/C23H25N3O2/c24-14-16-4-6-17(7-5-16)23(27)26-19-8-10-20(11-9-19)28-22-3-1-2-18-15-25-13-12-21(18)22/h1-7,12-13,15,19-20H,8-11,14,24H2,(H,26,27). The van der Waals surface area contributed by atoms with Gasteiger partial charge >= 0.3 is 0 Å². The Labute approximate surface area is 164 Å². The Balaban J connectivity index is 1.32. The summed E-state index contributed by atoms with van der Waals surface area (Å²) in [4.78, 5) is 16.6. The summed E-state index contributed by atoms with van der Waals surface area (Å²) in [7, 11) is 0. The summed E-state index contributed by atoms with van der Waals surface area (Å²) in [5.74, 6) is 0.891. The molecule has 0 radical (unpaired) electrons. The van der Waals surface area contributed by atoms with E-state index >= 15 is 0 Å². The molecule has 5 heteroatoms. The van der Waals surface area contributed by atoms with Gasteiger partial charge in [0.25, 0.3) is 5.91 Å². The fourth-order valence-electron chi connectivity index (χ4n) is 3.76. The first-order valence-electron chi connectivity index (χ1n) is 9.82. The van der Waals surface area contributed by atoms with E-state index in [0.717, 1.165) is 47.8 Å². The van der Waals surface area contributed by atoms with Crippen LogP contribution in [-0.2, 0) is 6.54 Å². The summed E-state index contributed by atoms with van der Waals surface area (Å²) in [6, 6.07) is 15.7. The summed E-state index contributed by atoms with van der Waals surface area (Å²) < 4.78 is 6.28. The van der Waals surface area contributed by atoms with Gasteiger partial charge in [0, 0.05) is 41.3 Å². The average Bonchev–Trinajstić information content (AvgIpc) is 2.75. The number of nitrogens with two attached hydrogens (primary N) is 1. The number of hydrogen-bond acceptors (Lipinski definition) is 4. The Morgan fingerprint density at radius 1 is 1.07 bits per heavy atom. The minimum atomic E-state index is -0.0190. The highest BCUT2D eigenvalue weighted by molar-refractivity contribution is 5.94. The number of amides is 1. The Kier molecular flexibility index (Phi) is 5.53. The van der Waals surface area contributed by atoms with Crippen molar-refractivity contribution in [3.8, 4) is 5.75 Å². The number of hydrogen-bond donors (Lipinski definition) is 2. The van der Waals surface area contributed by atoms with Gasteiger partial charge in [-0.2, -0.15) is 0 Å². The fraction of sp³-hybridized carbons (Fsp3) is 0.304. The molecular formula is C23H25N3O2. The van der Waals surface area contributed by atoms with E-state index in [-0.39, 0.29) is 18.1 Å². The van der Waals surface area contributed by atoms with Crippen LogP contribution in [0.5, 0.6) is 5.75 Å². The Bertz CT molecular complexity index is 942. The highest BCUT2D eigenvalue weighted by Crippen LogP contribution is 2.29. The van der Waals surface area contributed by atoms with Gasteiger partial charge in [0.1, 0.15) is 5.75 Å². The topological polar surface area (TPSA) is 77.2 Å². The minimum Gasteiger partial charge on any atom is -0.490 e. The lowest BCUT2D eigenvalue weighted by molar-refractivity contribution is 0.0895. The minimum absolute atomic E-state index is 0.0190. The average molecular weight is 375 g/mol. The molecule has 0 bridgehead atoms. The van der Waals surface area contributed by atoms with Crippen molar-refractivity contribution in [1.82, 2.24) is 10.3 Å². The van der Waals surface area contributed by atoms with Crippen LogP contribution in [0.2, 0.25) is 0 Å². The molecule has 1 aromatic heterocycles. The quantitative estimate of drug-likeness (QED) is 0.711. The largest absolute Gasteiger partial charge is 0.490 e. The number of carbonyl (C=O) groups excluding carboxylic acids is 1. The SMILES string of the molecule is NCc1ccc(C(=O)NC2CCC(Oc3cccc4cnccc34)CC2)cc1. The van der Waals surface area contributed by atoms with Gasteiger partial charge < -0.3 is 15.8 Å². The van der Waals surface area contributed by atoms with E-state index in [9.17, 15) is 4.79 Å². The lowest BCUT2D eigenvalue weighted by Crippen LogP contribution is -2.39. The molecule has 0 atom stereocenters. The predicted molar refractivity (Wildman–Crippen MR) is 110 cm³/mol. The Morgan fingerprint density at radius 2 is 1.86 bits per heavy atom. The first-order valence-corrected chi connectivity index (χ1v) is 9.82. The number of nitrogens with one attached hydrogen (secondary N) is 1. The molecule has 1 aliphatic rings. The van der Waals surface area contributed by atoms with Crippen LogP contribution in [0.4, 0.5) is 0 Å². The van der Waals surface area contributed by atoms with Crippen LogP contribution in [0.3, 0.4) is 0 Å². The molecule has 0 unspecified atom stereocenters. The van der Waals surface area contributed by atoms with Gasteiger partial charge in [0.2, 0.25) is 0 Å². The van der Waals surface area contributed by atoms with E-state index in [1.165, 1.54) is 0 Å². The molecule has 1 heterocycles. The second-order valence-electron chi connectivity index (χ2n) is 7.32. The first kappa shape index (κ1) is 18.4. The van der Waals surface area contributed by atoms with Gasteiger partial charge in [-0.05, 0) is 55.5 Å². The zero-order chi connectivity index (χ0) is 19.3. The van der Waals surface area contributed by atoms with Crippen LogP contribution >= 0.6 is 0 Å². The Morgan fingerprint density at radius 3 is 2.61 bits per heavy atom. The number of pyridine rings is 1. The maximum atomic E-state index is 12.5. The molecule has 1 amide bonds. The summed E-state index contributed by atoms with van der Waals surface area (Å²) in [5.41, 5.74) is 7.32. The van der Waals surface area contributed by atoms with Crippen molar-refractivity contribution in [1.29, 1.82) is 0 Å². The lowest BCUT2D eigenvalue weighted by Gasteiger charge is -2.30. The van der Waals surface area contributed by atoms with E-state index in [1.807, 2.05) is 54.7 Å². The molecular weight excluding hydrogens is 350 g/mol. The number of carbonyl (C=O) groups is 1. The second-order valence-corrected chi connectivity index (χ2v) is 7.32. The maximum Gasteiger partial charge on any atom is 0.251 e. The van der Waals surface area contributed by atoms with Crippen molar-refractivity contribution in [3.05, 3.63) is 72.1 Å². The van der Waals surface area contributed by atoms with Gasteiger partial charge in [-0.1, -0.05) is 24.3 Å². The molecule has 28 heavy (non-hydrogen) atoms. The van der Waals surface area contributed by atoms with Crippen LogP contribution in [0.25, 0.3) is 10.8 Å². The fourth-order valence-corrected chi connectivity index (χ4v) is 3.76. The van der Waals surface area contributed by atoms with Gasteiger partial charge in [-0.3, -0.25) is 9.78 Å². The van der Waals surface area contributed by atoms with Crippen molar-refractivity contribution in [3.63, 3.8) is 0 Å². The molecule has 5 nitrogen and oxygen atoms in total. The summed E-state index contributed by atoms with van der Waals surface area (Å²) in [6.07, 6.45) is 7.52. The van der Waals surface area contributed by atoms with Crippen LogP contribution in [0.15, 0.2) is 60.9 Å². The van der Waals surface area contributed by atoms with E-state index in [1.54, 1.807) is 6.20 Å². The van der Waals surface area contributed by atoms with E-state index in [4.69, 9.17) is 10.5 Å². The normalized spacial score (nSPS) is 19.3. The zero-order valence-corrected chi connectivity index (χ0v) is 15.8. The molecule has 4 rings (SSSR count). The van der Waals surface area contributed by atoms with Crippen LogP contribution in [0.1, 0.15) is 41.6 Å².